The zero-order chi connectivity index (χ0) is 78.4. The van der Waals surface area contributed by atoms with E-state index in [1.807, 2.05) is 6.07 Å². The number of aliphatic hydroxyl groups is 2. The number of carbonyl (C=O) groups is 13. The highest BCUT2D eigenvalue weighted by atomic mass is 32.2. The summed E-state index contributed by atoms with van der Waals surface area (Å²) in [6.07, 6.45) is 1.22. The minimum Gasteiger partial charge on any atom is -0.461 e. The molecule has 2 heterocycles. The number of nitrogens with one attached hydrogen (secondary N) is 10. The second-order valence-corrected chi connectivity index (χ2v) is 25.9. The summed E-state index contributed by atoms with van der Waals surface area (Å²) in [7, 11) is 2.83. The SMILES string of the molecule is CNC(=O)c1ccccc1Sc1ccc2c(/C=C/c3ccccn3)nn(C(=O)N(C)c3c(F)cccc3COC(=O)C(C)C(C)C(=O)N[C@H](C(=O)NCC(=O)N[C@@H](CCNC(=O)C[C@@H](C)O)C(=O)N[C@@H](CCN)C(=O)N[C@H](Cc3ccccc3)C(=O)NCC(=O)N[C@@H](CCN)C(=O)NCC(N)=O)[C@@H](C)O)c2c1. The fourth-order valence-electron chi connectivity index (χ4n) is 10.6. The van der Waals surface area contributed by atoms with Crippen molar-refractivity contribution in [2.45, 2.75) is 119 Å². The number of pyridine rings is 1. The van der Waals surface area contributed by atoms with Crippen LogP contribution in [0.2, 0.25) is 0 Å². The molecule has 0 aliphatic heterocycles. The first-order valence-corrected chi connectivity index (χ1v) is 34.9. The number of benzene rings is 4. The van der Waals surface area contributed by atoms with E-state index < -0.39 is 157 Å². The number of para-hydroxylation sites is 1. The molecule has 0 fully saturated rings. The first kappa shape index (κ1) is 84.4. The Hall–Kier alpha value is -11.5. The number of ether oxygens (including phenoxy) is 1. The number of rotatable bonds is 39. The number of nitrogens with zero attached hydrogens (tertiary/aromatic N) is 4. The molecular weight excluding hydrogens is 1410 g/mol. The highest BCUT2D eigenvalue weighted by Gasteiger charge is 2.35. The molecule has 107 heavy (non-hydrogen) atoms. The Kier molecular flexibility index (Phi) is 33.0. The van der Waals surface area contributed by atoms with Crippen molar-refractivity contribution < 1.29 is 81.7 Å². The third-order valence-electron chi connectivity index (χ3n) is 16.5. The minimum absolute atomic E-state index is 0.0348. The van der Waals surface area contributed by atoms with Gasteiger partial charge < -0.3 is 85.3 Å². The van der Waals surface area contributed by atoms with E-state index in [0.717, 1.165) is 22.6 Å². The topological polar surface area (TPSA) is 504 Å². The normalized spacial score (nSPS) is 13.6. The monoisotopic (exact) mass is 1500 g/mol. The molecular formula is C72H90FN17O16S. The lowest BCUT2D eigenvalue weighted by Gasteiger charge is -2.26. The number of aromatic nitrogens is 3. The van der Waals surface area contributed by atoms with Crippen LogP contribution in [0.3, 0.4) is 0 Å². The number of aliphatic hydroxyl groups excluding tert-OH is 2. The van der Waals surface area contributed by atoms with Crippen LogP contribution >= 0.6 is 11.8 Å². The van der Waals surface area contributed by atoms with Crippen LogP contribution in [-0.2, 0) is 70.5 Å². The maximum atomic E-state index is 16.2. The van der Waals surface area contributed by atoms with Gasteiger partial charge in [-0.05, 0) is 112 Å². The summed E-state index contributed by atoms with van der Waals surface area (Å²) < 4.78 is 22.9. The molecule has 0 saturated carbocycles. The number of fused-ring (bicyclic) bond motifs is 1. The summed E-state index contributed by atoms with van der Waals surface area (Å²) in [5.41, 5.74) is 18.6. The number of hydrogen-bond acceptors (Lipinski definition) is 21. The maximum Gasteiger partial charge on any atom is 0.349 e. The highest BCUT2D eigenvalue weighted by Crippen LogP contribution is 2.35. The van der Waals surface area contributed by atoms with Gasteiger partial charge in [-0.15, -0.1) is 0 Å². The molecule has 12 amide bonds. The molecule has 33 nitrogen and oxygen atoms in total. The van der Waals surface area contributed by atoms with Gasteiger partial charge in [0.15, 0.2) is 0 Å². The van der Waals surface area contributed by atoms with E-state index in [0.29, 0.717) is 43.2 Å². The van der Waals surface area contributed by atoms with Crippen molar-refractivity contribution in [2.75, 3.05) is 58.3 Å². The Labute approximate surface area is 619 Å². The molecule has 6 rings (SSSR count). The molecule has 2 unspecified atom stereocenters. The second-order valence-electron chi connectivity index (χ2n) is 24.8. The third-order valence-corrected chi connectivity index (χ3v) is 17.6. The number of nitrogens with two attached hydrogens (primary N) is 3. The van der Waals surface area contributed by atoms with Crippen LogP contribution in [0.1, 0.15) is 86.3 Å². The van der Waals surface area contributed by atoms with Gasteiger partial charge in [-0.1, -0.05) is 86.3 Å². The Morgan fingerprint density at radius 3 is 1.87 bits per heavy atom. The van der Waals surface area contributed by atoms with E-state index in [-0.39, 0.29) is 68.9 Å². The third kappa shape index (κ3) is 25.6. The molecule has 35 heteroatoms. The fourth-order valence-corrected chi connectivity index (χ4v) is 11.6. The number of esters is 1. The molecule has 572 valence electrons. The Bertz CT molecular complexity index is 4190. The van der Waals surface area contributed by atoms with Gasteiger partial charge in [-0.2, -0.15) is 9.78 Å². The number of hydrogen-bond donors (Lipinski definition) is 15. The van der Waals surface area contributed by atoms with E-state index in [9.17, 15) is 72.5 Å². The van der Waals surface area contributed by atoms with Crippen molar-refractivity contribution in [1.82, 2.24) is 67.9 Å². The minimum atomic E-state index is -1.76. The number of anilines is 1. The molecule has 6 aromatic rings. The van der Waals surface area contributed by atoms with Crippen molar-refractivity contribution in [2.24, 2.45) is 29.0 Å². The van der Waals surface area contributed by atoms with Crippen LogP contribution in [0.5, 0.6) is 0 Å². The molecule has 0 radical (unpaired) electrons. The molecule has 18 N–H and O–H groups in total. The Morgan fingerprint density at radius 1 is 0.636 bits per heavy atom. The number of amides is 12. The summed E-state index contributed by atoms with van der Waals surface area (Å²) in [6, 6.07) is 21.6. The standard InChI is InChI=1S/C72H90FN17O16S/c1-40(91)33-59(94)79-32-28-54(69(102)85-53(27-30-75)68(101)86-55(34-44-15-8-7-9-16-44)67(100)81-37-60(95)83-52(26-29-74)66(99)80-36-58(76)93)84-61(96)38-82-70(103)62(43(4)92)87-64(97)41(2)42(3)71(104)106-39-45-17-14-20-50(73)63(45)89(6)72(105)90-56-35-47(107-57-21-11-10-19-49(57)65(98)77-5)23-24-48(56)51(88-90)25-22-46-18-12-13-31-78-46/h7-25,31,35,40-43,52-55,62,91-92H,26-30,32-34,36-39,74-75H2,1-6H3,(H2,76,93)(H,77,98)(H,79,94)(H,80,99)(H,81,100)(H,82,103)(H,83,95)(H,84,96)(H,85,102)(H,86,101)(H,87,97)/b25-22+/t40-,41?,42?,43-,52+,53+,54+,55-,62+/m1/s1. The Morgan fingerprint density at radius 2 is 1.24 bits per heavy atom. The lowest BCUT2D eigenvalue weighted by molar-refractivity contribution is -0.153. The lowest BCUT2D eigenvalue weighted by Crippen LogP contribution is -2.59. The van der Waals surface area contributed by atoms with Crippen LogP contribution in [0, 0.1) is 17.7 Å². The van der Waals surface area contributed by atoms with Gasteiger partial charge in [-0.3, -0.25) is 67.4 Å². The molecule has 0 bridgehead atoms. The molecule has 0 spiro atoms. The van der Waals surface area contributed by atoms with E-state index >= 15 is 4.39 Å². The zero-order valence-electron chi connectivity index (χ0n) is 59.7. The average molecular weight is 1500 g/mol. The lowest BCUT2D eigenvalue weighted by atomic mass is 9.94. The molecule has 4 aromatic carbocycles. The number of halogens is 1. The van der Waals surface area contributed by atoms with Gasteiger partial charge in [0.2, 0.25) is 59.1 Å². The van der Waals surface area contributed by atoms with Crippen LogP contribution in [-0.4, -0.2) is 198 Å². The van der Waals surface area contributed by atoms with Gasteiger partial charge in [0.25, 0.3) is 5.91 Å². The number of carbonyl (C=O) groups excluding carboxylic acids is 13. The molecule has 0 aliphatic rings. The molecule has 2 aromatic heterocycles. The van der Waals surface area contributed by atoms with Gasteiger partial charge in [-0.25, -0.2) is 9.18 Å². The van der Waals surface area contributed by atoms with Crippen LogP contribution in [0.15, 0.2) is 125 Å². The maximum absolute atomic E-state index is 16.2. The fraction of sp³-hybridized carbons (Fsp3) is 0.375. The summed E-state index contributed by atoms with van der Waals surface area (Å²) in [6.45, 7) is 1.94. The van der Waals surface area contributed by atoms with Gasteiger partial charge in [0, 0.05) is 59.9 Å². The molecule has 9 atom stereocenters. The van der Waals surface area contributed by atoms with E-state index in [1.165, 1.54) is 58.8 Å². The second kappa shape index (κ2) is 41.8. The number of primary amides is 1. The highest BCUT2D eigenvalue weighted by molar-refractivity contribution is 7.99. The predicted octanol–water partition coefficient (Wildman–Crippen LogP) is -0.472. The quantitative estimate of drug-likeness (QED) is 0.0217. The van der Waals surface area contributed by atoms with Gasteiger partial charge in [0.1, 0.15) is 42.6 Å². The molecule has 0 saturated heterocycles. The first-order chi connectivity index (χ1) is 51.0. The van der Waals surface area contributed by atoms with Crippen LogP contribution in [0.4, 0.5) is 14.9 Å². The van der Waals surface area contributed by atoms with Crippen molar-refractivity contribution in [3.63, 3.8) is 0 Å². The average Bonchev–Trinajstić information content (AvgIpc) is 1.68. The predicted molar refractivity (Wildman–Crippen MR) is 392 cm³/mol. The Balaban J connectivity index is 1.10. The summed E-state index contributed by atoms with van der Waals surface area (Å²) in [5, 5.41) is 50.1. The van der Waals surface area contributed by atoms with E-state index in [1.54, 1.807) is 103 Å². The van der Waals surface area contributed by atoms with Crippen molar-refractivity contribution in [3.05, 3.63) is 149 Å². The van der Waals surface area contributed by atoms with Crippen LogP contribution in [0.25, 0.3) is 23.1 Å². The summed E-state index contributed by atoms with van der Waals surface area (Å²) in [5.74, 6) is -13.7. The first-order valence-electron chi connectivity index (χ1n) is 34.0. The van der Waals surface area contributed by atoms with E-state index in [2.05, 4.69) is 63.3 Å². The summed E-state index contributed by atoms with van der Waals surface area (Å²) in [4.78, 5) is 181. The van der Waals surface area contributed by atoms with Crippen molar-refractivity contribution >= 4 is 117 Å². The van der Waals surface area contributed by atoms with Gasteiger partial charge in [0.05, 0.1) is 72.3 Å². The molecule has 0 aliphatic carbocycles. The van der Waals surface area contributed by atoms with Crippen LogP contribution < -0.4 is 75.3 Å². The zero-order valence-corrected chi connectivity index (χ0v) is 60.5. The largest absolute Gasteiger partial charge is 0.461 e. The van der Waals surface area contributed by atoms with E-state index in [4.69, 9.17) is 21.9 Å². The van der Waals surface area contributed by atoms with Crippen molar-refractivity contribution in [3.8, 4) is 0 Å². The smallest absolute Gasteiger partial charge is 0.349 e. The van der Waals surface area contributed by atoms with Crippen molar-refractivity contribution in [1.29, 1.82) is 0 Å². The summed E-state index contributed by atoms with van der Waals surface area (Å²) >= 11 is 1.27. The van der Waals surface area contributed by atoms with Gasteiger partial charge >= 0.3 is 12.0 Å².